The Balaban J connectivity index is 1.18. The second kappa shape index (κ2) is 13.6. The number of methoxy groups -OCH3 is 1. The van der Waals surface area contributed by atoms with Crippen LogP contribution >= 0.6 is 23.2 Å². The van der Waals surface area contributed by atoms with Crippen molar-refractivity contribution in [1.29, 1.82) is 0 Å². The third-order valence-corrected chi connectivity index (χ3v) is 8.34. The highest BCUT2D eigenvalue weighted by Gasteiger charge is 2.36. The summed E-state index contributed by atoms with van der Waals surface area (Å²) in [6.45, 7) is 2.55. The Hall–Kier alpha value is -5.31. The molecule has 1 fully saturated rings. The van der Waals surface area contributed by atoms with E-state index in [1.54, 1.807) is 60.7 Å². The number of hydrogen-bond acceptors (Lipinski definition) is 6. The fraction of sp³-hybridized carbons (Fsp3) is 0.108. The predicted molar refractivity (Wildman–Crippen MR) is 182 cm³/mol. The lowest BCUT2D eigenvalue weighted by molar-refractivity contribution is -0.122. The van der Waals surface area contributed by atoms with Crippen LogP contribution in [0.15, 0.2) is 103 Å². The van der Waals surface area contributed by atoms with Crippen LogP contribution in [0.1, 0.15) is 22.3 Å². The van der Waals surface area contributed by atoms with Crippen molar-refractivity contribution in [3.63, 3.8) is 0 Å². The van der Waals surface area contributed by atoms with E-state index in [0.717, 1.165) is 32.4 Å². The highest BCUT2D eigenvalue weighted by molar-refractivity contribution is 6.39. The fourth-order valence-corrected chi connectivity index (χ4v) is 5.69. The monoisotopic (exact) mass is 666 g/mol. The molecule has 8 nitrogen and oxygen atoms in total. The van der Waals surface area contributed by atoms with Crippen LogP contribution in [-0.4, -0.2) is 25.0 Å². The highest BCUT2D eigenvalue weighted by atomic mass is 35.5. The average Bonchev–Trinajstić information content (AvgIpc) is 3.06. The molecule has 1 saturated heterocycles. The third-order valence-electron chi connectivity index (χ3n) is 7.75. The number of urea groups is 1. The molecule has 0 unspecified atom stereocenters. The molecule has 1 aliphatic rings. The molecule has 6 rings (SSSR count). The maximum Gasteiger partial charge on any atom is 0.335 e. The zero-order valence-corrected chi connectivity index (χ0v) is 26.9. The number of ether oxygens (including phenoxy) is 3. The normalized spacial score (nSPS) is 14.0. The van der Waals surface area contributed by atoms with Gasteiger partial charge in [-0.25, -0.2) is 9.69 Å². The van der Waals surface area contributed by atoms with E-state index >= 15 is 0 Å². The maximum atomic E-state index is 13.5. The largest absolute Gasteiger partial charge is 0.493 e. The minimum Gasteiger partial charge on any atom is -0.493 e. The molecule has 1 aliphatic heterocycles. The molecule has 5 aromatic carbocycles. The van der Waals surface area contributed by atoms with Gasteiger partial charge in [0.15, 0.2) is 11.5 Å². The van der Waals surface area contributed by atoms with Crippen molar-refractivity contribution >= 4 is 63.6 Å². The summed E-state index contributed by atoms with van der Waals surface area (Å²) in [5.41, 5.74) is 3.46. The number of benzene rings is 5. The van der Waals surface area contributed by atoms with Crippen LogP contribution in [0.2, 0.25) is 10.0 Å². The molecule has 0 radical (unpaired) electrons. The number of aryl methyl sites for hydroxylation is 1. The number of imide groups is 2. The van der Waals surface area contributed by atoms with Crippen LogP contribution in [0, 0.1) is 6.92 Å². The van der Waals surface area contributed by atoms with Crippen molar-refractivity contribution in [2.75, 3.05) is 12.0 Å². The molecular weight excluding hydrogens is 639 g/mol. The van der Waals surface area contributed by atoms with Gasteiger partial charge in [0.05, 0.1) is 12.8 Å². The van der Waals surface area contributed by atoms with Crippen LogP contribution < -0.4 is 24.4 Å². The van der Waals surface area contributed by atoms with E-state index in [0.29, 0.717) is 39.5 Å². The third kappa shape index (κ3) is 6.79. The number of anilines is 1. The van der Waals surface area contributed by atoms with Gasteiger partial charge in [-0.1, -0.05) is 71.7 Å². The number of halogens is 2. The van der Waals surface area contributed by atoms with Crippen LogP contribution in [0.3, 0.4) is 0 Å². The van der Waals surface area contributed by atoms with Crippen molar-refractivity contribution < 1.29 is 28.6 Å². The maximum absolute atomic E-state index is 13.5. The summed E-state index contributed by atoms with van der Waals surface area (Å²) in [5, 5.41) is 5.47. The molecule has 5 aromatic rings. The summed E-state index contributed by atoms with van der Waals surface area (Å²) < 4.78 is 17.6. The van der Waals surface area contributed by atoms with E-state index in [1.807, 2.05) is 19.1 Å². The second-order valence-corrected chi connectivity index (χ2v) is 11.6. The molecule has 236 valence electrons. The number of fused-ring (bicyclic) bond motifs is 1. The summed E-state index contributed by atoms with van der Waals surface area (Å²) in [6.07, 6.45) is 1.41. The Bertz CT molecular complexity index is 2060. The fourth-order valence-electron chi connectivity index (χ4n) is 5.23. The highest BCUT2D eigenvalue weighted by Crippen LogP contribution is 2.32. The molecule has 0 bridgehead atoms. The SMILES string of the molecule is COc1cc(/C=C2\C(=O)NC(=O)N(c3ccc(OCc4ccc(Cl)cc4Cl)cc3)C2=O)ccc1OCc1c(C)ccc2ccccc12. The zero-order chi connectivity index (χ0) is 33.1. The van der Waals surface area contributed by atoms with E-state index in [-0.39, 0.29) is 17.9 Å². The number of carbonyl (C=O) groups is 3. The van der Waals surface area contributed by atoms with Crippen molar-refractivity contribution in [3.8, 4) is 17.2 Å². The summed E-state index contributed by atoms with van der Waals surface area (Å²) in [6, 6.07) is 27.9. The van der Waals surface area contributed by atoms with Gasteiger partial charge in [0.1, 0.15) is 24.5 Å². The molecule has 1 N–H and O–H groups in total. The number of hydrogen-bond donors (Lipinski definition) is 1. The molecule has 1 heterocycles. The lowest BCUT2D eigenvalue weighted by atomic mass is 10.0. The predicted octanol–water partition coefficient (Wildman–Crippen LogP) is 8.29. The quantitative estimate of drug-likeness (QED) is 0.126. The lowest BCUT2D eigenvalue weighted by Crippen LogP contribution is -2.54. The first-order valence-electron chi connectivity index (χ1n) is 14.6. The van der Waals surface area contributed by atoms with E-state index < -0.39 is 17.8 Å². The Morgan fingerprint density at radius 3 is 2.36 bits per heavy atom. The van der Waals surface area contributed by atoms with Gasteiger partial charge in [0.2, 0.25) is 0 Å². The second-order valence-electron chi connectivity index (χ2n) is 10.8. The first-order valence-corrected chi connectivity index (χ1v) is 15.3. The number of rotatable bonds is 9. The first-order chi connectivity index (χ1) is 22.7. The van der Waals surface area contributed by atoms with Gasteiger partial charge in [0.25, 0.3) is 11.8 Å². The van der Waals surface area contributed by atoms with Gasteiger partial charge in [-0.3, -0.25) is 14.9 Å². The number of amides is 4. The van der Waals surface area contributed by atoms with Crippen molar-refractivity contribution in [2.24, 2.45) is 0 Å². The lowest BCUT2D eigenvalue weighted by Gasteiger charge is -2.26. The number of nitrogens with zero attached hydrogens (tertiary/aromatic N) is 1. The van der Waals surface area contributed by atoms with E-state index in [2.05, 4.69) is 29.6 Å². The molecule has 0 spiro atoms. The van der Waals surface area contributed by atoms with Crippen LogP contribution in [0.4, 0.5) is 10.5 Å². The van der Waals surface area contributed by atoms with E-state index in [1.165, 1.54) is 13.2 Å². The number of carbonyl (C=O) groups excluding carboxylic acids is 3. The van der Waals surface area contributed by atoms with Crippen molar-refractivity contribution in [1.82, 2.24) is 5.32 Å². The van der Waals surface area contributed by atoms with E-state index in [9.17, 15) is 14.4 Å². The molecule has 4 amide bonds. The first kappa shape index (κ1) is 31.7. The Morgan fingerprint density at radius 1 is 0.809 bits per heavy atom. The standard InChI is InChI=1S/C37H28Cl2N2O6/c1-22-7-9-24-5-3-4-6-29(24)31(22)21-47-33-16-8-23(18-34(33)45-2)17-30-35(42)40-37(44)41(36(30)43)27-12-14-28(15-13-27)46-20-25-10-11-26(38)19-32(25)39/h3-19H,20-21H2,1-2H3,(H,40,42,44)/b30-17+. The topological polar surface area (TPSA) is 94.2 Å². The van der Waals surface area contributed by atoms with Gasteiger partial charge in [-0.05, 0) is 83.4 Å². The number of nitrogens with one attached hydrogen (secondary N) is 1. The summed E-state index contributed by atoms with van der Waals surface area (Å²) in [7, 11) is 1.51. The summed E-state index contributed by atoms with van der Waals surface area (Å²) >= 11 is 12.2. The minimum absolute atomic E-state index is 0.190. The van der Waals surface area contributed by atoms with Crippen LogP contribution in [-0.2, 0) is 22.8 Å². The number of barbiturate groups is 1. The summed E-state index contributed by atoms with van der Waals surface area (Å²) in [5.74, 6) is -0.169. The molecular formula is C37H28Cl2N2O6. The van der Waals surface area contributed by atoms with Crippen molar-refractivity contribution in [3.05, 3.63) is 135 Å². The van der Waals surface area contributed by atoms with Gasteiger partial charge in [-0.15, -0.1) is 0 Å². The molecule has 47 heavy (non-hydrogen) atoms. The molecule has 0 aromatic heterocycles. The van der Waals surface area contributed by atoms with Gasteiger partial charge in [-0.2, -0.15) is 0 Å². The average molecular weight is 668 g/mol. The van der Waals surface area contributed by atoms with Gasteiger partial charge >= 0.3 is 6.03 Å². The Morgan fingerprint density at radius 2 is 1.60 bits per heavy atom. The van der Waals surface area contributed by atoms with Crippen LogP contribution in [0.25, 0.3) is 16.8 Å². The minimum atomic E-state index is -0.858. The van der Waals surface area contributed by atoms with Gasteiger partial charge in [0, 0.05) is 21.2 Å². The van der Waals surface area contributed by atoms with Crippen LogP contribution in [0.5, 0.6) is 17.2 Å². The van der Waals surface area contributed by atoms with Gasteiger partial charge < -0.3 is 14.2 Å². The van der Waals surface area contributed by atoms with E-state index in [4.69, 9.17) is 37.4 Å². The zero-order valence-electron chi connectivity index (χ0n) is 25.4. The Labute approximate surface area is 281 Å². The molecule has 10 heteroatoms. The molecule has 0 aliphatic carbocycles. The molecule has 0 atom stereocenters. The Kier molecular flexibility index (Phi) is 9.15. The summed E-state index contributed by atoms with van der Waals surface area (Å²) in [4.78, 5) is 40.0. The smallest absolute Gasteiger partial charge is 0.335 e. The van der Waals surface area contributed by atoms with Crippen molar-refractivity contribution in [2.45, 2.75) is 20.1 Å². The molecule has 0 saturated carbocycles.